The van der Waals surface area contributed by atoms with E-state index < -0.39 is 28.5 Å². The van der Waals surface area contributed by atoms with Crippen LogP contribution in [-0.4, -0.2) is 44.5 Å². The maximum Gasteiger partial charge on any atom is 0.327 e. The van der Waals surface area contributed by atoms with Crippen LogP contribution in [0.4, 0.5) is 5.69 Å². The lowest BCUT2D eigenvalue weighted by molar-refractivity contribution is -0.385. The van der Waals surface area contributed by atoms with Crippen LogP contribution in [-0.2, 0) is 4.79 Å². The number of nitro groups is 1. The Balaban J connectivity index is 2.42. The summed E-state index contributed by atoms with van der Waals surface area (Å²) in [6, 6.07) is 3.02. The molecule has 1 aromatic carbocycles. The quantitative estimate of drug-likeness (QED) is 0.674. The number of para-hydroxylation sites is 1. The van der Waals surface area contributed by atoms with Crippen molar-refractivity contribution in [1.29, 1.82) is 0 Å². The molecule has 1 N–H and O–H groups in total. The minimum atomic E-state index is -1.13. The number of benzene rings is 1. The predicted molar refractivity (Wildman–Crippen MR) is 73.0 cm³/mol. The number of carbonyl (C=O) groups is 2. The monoisotopic (exact) mass is 316 g/mol. The fourth-order valence-corrected chi connectivity index (χ4v) is 3.26. The Kier molecular flexibility index (Phi) is 4.15. The van der Waals surface area contributed by atoms with Gasteiger partial charge in [-0.2, -0.15) is 0 Å². The Labute approximate surface area is 122 Å². The number of nitrogens with zero attached hydrogens (tertiary/aromatic N) is 2. The van der Waals surface area contributed by atoms with E-state index in [2.05, 4.69) is 0 Å². The van der Waals surface area contributed by atoms with Crippen molar-refractivity contribution in [2.75, 3.05) is 11.6 Å². The summed E-state index contributed by atoms with van der Waals surface area (Å²) < 4.78 is 0. The average Bonchev–Trinajstić information content (AvgIpc) is 2.86. The molecule has 1 aliphatic rings. The number of rotatable bonds is 3. The molecule has 1 aliphatic heterocycles. The molecule has 1 aromatic rings. The maximum atomic E-state index is 12.3. The molecule has 9 heteroatoms. The molecule has 0 spiro atoms. The van der Waals surface area contributed by atoms with Crippen LogP contribution in [0.2, 0.25) is 5.02 Å². The second-order valence-corrected chi connectivity index (χ2v) is 5.43. The first-order valence-corrected chi connectivity index (χ1v) is 7.01. The second-order valence-electron chi connectivity index (χ2n) is 4.02. The number of hydrogen-bond acceptors (Lipinski definition) is 5. The summed E-state index contributed by atoms with van der Waals surface area (Å²) in [5.74, 6) is -1.39. The summed E-state index contributed by atoms with van der Waals surface area (Å²) in [5.41, 5.74) is -0.698. The number of aliphatic carboxylic acids is 1. The molecule has 1 saturated heterocycles. The smallest absolute Gasteiger partial charge is 0.327 e. The van der Waals surface area contributed by atoms with Crippen molar-refractivity contribution in [2.24, 2.45) is 0 Å². The van der Waals surface area contributed by atoms with Crippen molar-refractivity contribution < 1.29 is 19.6 Å². The zero-order valence-electron chi connectivity index (χ0n) is 9.98. The average molecular weight is 317 g/mol. The lowest BCUT2D eigenvalue weighted by Gasteiger charge is -2.20. The second kappa shape index (κ2) is 5.68. The third-order valence-electron chi connectivity index (χ3n) is 2.83. The molecule has 1 atom stereocenters. The van der Waals surface area contributed by atoms with Gasteiger partial charge in [-0.25, -0.2) is 4.79 Å². The third kappa shape index (κ3) is 2.56. The standard InChI is InChI=1S/C11H9ClN2O5S/c12-7-3-1-2-6(9(7)14(18)19)10(15)13-5-20-4-8(13)11(16)17/h1-3,8H,4-5H2,(H,16,17). The molecule has 1 unspecified atom stereocenters. The summed E-state index contributed by atoms with van der Waals surface area (Å²) in [7, 11) is 0. The van der Waals surface area contributed by atoms with Crippen molar-refractivity contribution in [1.82, 2.24) is 4.90 Å². The van der Waals surface area contributed by atoms with E-state index >= 15 is 0 Å². The number of halogens is 1. The molecule has 106 valence electrons. The SMILES string of the molecule is O=C(O)C1CSCN1C(=O)c1cccc(Cl)c1[N+](=O)[O-]. The number of carboxylic acid groups (broad SMARTS) is 1. The summed E-state index contributed by atoms with van der Waals surface area (Å²) in [5, 5.41) is 19.9. The van der Waals surface area contributed by atoms with Crippen molar-refractivity contribution in [3.05, 3.63) is 38.9 Å². The highest BCUT2D eigenvalue weighted by molar-refractivity contribution is 7.99. The lowest BCUT2D eigenvalue weighted by Crippen LogP contribution is -2.41. The highest BCUT2D eigenvalue weighted by Gasteiger charge is 2.37. The Morgan fingerprint density at radius 1 is 1.50 bits per heavy atom. The van der Waals surface area contributed by atoms with Crippen molar-refractivity contribution in [2.45, 2.75) is 6.04 Å². The van der Waals surface area contributed by atoms with Crippen LogP contribution >= 0.6 is 23.4 Å². The molecule has 0 saturated carbocycles. The molecule has 1 heterocycles. The van der Waals surface area contributed by atoms with Gasteiger partial charge in [0.1, 0.15) is 16.6 Å². The van der Waals surface area contributed by atoms with Crippen LogP contribution < -0.4 is 0 Å². The van der Waals surface area contributed by atoms with Gasteiger partial charge in [0.15, 0.2) is 0 Å². The van der Waals surface area contributed by atoms with Crippen LogP contribution in [0.15, 0.2) is 18.2 Å². The van der Waals surface area contributed by atoms with Gasteiger partial charge in [0.25, 0.3) is 5.91 Å². The molecular formula is C11H9ClN2O5S. The van der Waals surface area contributed by atoms with E-state index in [0.29, 0.717) is 0 Å². The fourth-order valence-electron chi connectivity index (χ4n) is 1.88. The fraction of sp³-hybridized carbons (Fsp3) is 0.273. The Morgan fingerprint density at radius 2 is 2.20 bits per heavy atom. The van der Waals surface area contributed by atoms with Gasteiger partial charge in [-0.3, -0.25) is 14.9 Å². The Bertz CT molecular complexity index is 594. The number of amides is 1. The lowest BCUT2D eigenvalue weighted by atomic mass is 10.1. The van der Waals surface area contributed by atoms with Crippen LogP contribution in [0, 0.1) is 10.1 Å². The summed E-state index contributed by atoms with van der Waals surface area (Å²) in [6.07, 6.45) is 0. The third-order valence-corrected chi connectivity index (χ3v) is 4.15. The first kappa shape index (κ1) is 14.6. The van der Waals surface area contributed by atoms with Gasteiger partial charge >= 0.3 is 11.7 Å². The number of carbonyl (C=O) groups excluding carboxylic acids is 1. The number of nitro benzene ring substituents is 1. The van der Waals surface area contributed by atoms with Crippen LogP contribution in [0.25, 0.3) is 0 Å². The first-order chi connectivity index (χ1) is 9.43. The van der Waals surface area contributed by atoms with E-state index in [0.717, 1.165) is 4.90 Å². The summed E-state index contributed by atoms with van der Waals surface area (Å²) in [6.45, 7) is 0. The van der Waals surface area contributed by atoms with E-state index in [9.17, 15) is 19.7 Å². The Morgan fingerprint density at radius 3 is 2.80 bits per heavy atom. The van der Waals surface area contributed by atoms with Crippen molar-refractivity contribution in [3.8, 4) is 0 Å². The molecule has 0 aliphatic carbocycles. The van der Waals surface area contributed by atoms with Gasteiger partial charge in [-0.1, -0.05) is 17.7 Å². The van der Waals surface area contributed by atoms with Gasteiger partial charge in [0, 0.05) is 5.75 Å². The zero-order chi connectivity index (χ0) is 14.9. The highest BCUT2D eigenvalue weighted by Crippen LogP contribution is 2.31. The number of hydrogen-bond donors (Lipinski definition) is 1. The molecule has 0 radical (unpaired) electrons. The first-order valence-electron chi connectivity index (χ1n) is 5.48. The van der Waals surface area contributed by atoms with Gasteiger partial charge in [-0.15, -0.1) is 11.8 Å². The number of thioether (sulfide) groups is 1. The normalized spacial score (nSPS) is 18.1. The van der Waals surface area contributed by atoms with Gasteiger partial charge in [0.05, 0.1) is 10.8 Å². The maximum absolute atomic E-state index is 12.3. The summed E-state index contributed by atoms with van der Waals surface area (Å²) in [4.78, 5) is 34.8. The molecule has 1 fully saturated rings. The van der Waals surface area contributed by atoms with E-state index in [1.54, 1.807) is 0 Å². The molecule has 0 bridgehead atoms. The van der Waals surface area contributed by atoms with Gasteiger partial charge in [-0.05, 0) is 12.1 Å². The zero-order valence-corrected chi connectivity index (χ0v) is 11.6. The molecule has 0 aromatic heterocycles. The summed E-state index contributed by atoms with van der Waals surface area (Å²) >= 11 is 7.02. The molecule has 2 rings (SSSR count). The predicted octanol–water partition coefficient (Wildman–Crippen LogP) is 1.85. The number of carboxylic acids is 1. The van der Waals surface area contributed by atoms with Crippen LogP contribution in [0.1, 0.15) is 10.4 Å². The van der Waals surface area contributed by atoms with Crippen molar-refractivity contribution in [3.63, 3.8) is 0 Å². The largest absolute Gasteiger partial charge is 0.480 e. The van der Waals surface area contributed by atoms with Gasteiger partial charge in [0.2, 0.25) is 0 Å². The van der Waals surface area contributed by atoms with Crippen LogP contribution in [0.5, 0.6) is 0 Å². The van der Waals surface area contributed by atoms with E-state index in [1.165, 1.54) is 30.0 Å². The molecule has 7 nitrogen and oxygen atoms in total. The topological polar surface area (TPSA) is 101 Å². The van der Waals surface area contributed by atoms with Crippen LogP contribution in [0.3, 0.4) is 0 Å². The van der Waals surface area contributed by atoms with Crippen molar-refractivity contribution >= 4 is 40.9 Å². The van der Waals surface area contributed by atoms with E-state index in [1.807, 2.05) is 0 Å². The minimum Gasteiger partial charge on any atom is -0.480 e. The molecule has 1 amide bonds. The minimum absolute atomic E-state index is 0.153. The molecular weight excluding hydrogens is 308 g/mol. The van der Waals surface area contributed by atoms with E-state index in [-0.39, 0.29) is 22.2 Å². The van der Waals surface area contributed by atoms with Gasteiger partial charge < -0.3 is 10.0 Å². The highest BCUT2D eigenvalue weighted by atomic mass is 35.5. The van der Waals surface area contributed by atoms with E-state index in [4.69, 9.17) is 16.7 Å². The molecule has 20 heavy (non-hydrogen) atoms. The Hall–Kier alpha value is -1.80.